The number of ether oxygens (including phenoxy) is 2. The molecule has 2 aromatic rings. The molecule has 1 aliphatic heterocycles. The molecule has 3 rings (SSSR count). The number of rotatable bonds is 4. The van der Waals surface area contributed by atoms with Crippen molar-refractivity contribution in [3.05, 3.63) is 59.7 Å². The Morgan fingerprint density at radius 2 is 1.52 bits per heavy atom. The molecule has 5 nitrogen and oxygen atoms in total. The van der Waals surface area contributed by atoms with Crippen LogP contribution in [0, 0.1) is 0 Å². The molecule has 5 heteroatoms. The van der Waals surface area contributed by atoms with Gasteiger partial charge >= 0.3 is 0 Å². The average molecular weight is 310 g/mol. The molecule has 1 heterocycles. The van der Waals surface area contributed by atoms with Gasteiger partial charge in [0, 0.05) is 6.42 Å². The quantitative estimate of drug-likeness (QED) is 0.944. The Labute approximate surface area is 134 Å². The molecule has 0 radical (unpaired) electrons. The van der Waals surface area contributed by atoms with E-state index in [1.54, 1.807) is 14.2 Å². The van der Waals surface area contributed by atoms with Gasteiger partial charge in [0.25, 0.3) is 0 Å². The first kappa shape index (κ1) is 15.1. The highest BCUT2D eigenvalue weighted by Crippen LogP contribution is 2.27. The van der Waals surface area contributed by atoms with Crippen molar-refractivity contribution in [2.24, 2.45) is 5.10 Å². The first-order valence-electron chi connectivity index (χ1n) is 7.36. The van der Waals surface area contributed by atoms with Crippen molar-refractivity contribution in [3.8, 4) is 11.5 Å². The van der Waals surface area contributed by atoms with Crippen LogP contribution in [0.15, 0.2) is 53.6 Å². The van der Waals surface area contributed by atoms with Gasteiger partial charge in [0.2, 0.25) is 5.91 Å². The minimum atomic E-state index is -0.254. The van der Waals surface area contributed by atoms with Crippen molar-refractivity contribution in [1.82, 2.24) is 5.43 Å². The number of hydrogen-bond acceptors (Lipinski definition) is 4. The Balaban J connectivity index is 1.83. The molecule has 118 valence electrons. The van der Waals surface area contributed by atoms with Crippen LogP contribution < -0.4 is 14.9 Å². The Morgan fingerprint density at radius 3 is 2.09 bits per heavy atom. The highest BCUT2D eigenvalue weighted by atomic mass is 16.5. The van der Waals surface area contributed by atoms with Gasteiger partial charge in [-0.25, -0.2) is 5.43 Å². The van der Waals surface area contributed by atoms with E-state index in [0.29, 0.717) is 6.42 Å². The third kappa shape index (κ3) is 3.18. The summed E-state index contributed by atoms with van der Waals surface area (Å²) in [4.78, 5) is 12.2. The zero-order valence-electron chi connectivity index (χ0n) is 13.1. The predicted octanol–water partition coefficient (Wildman–Crippen LogP) is 2.71. The summed E-state index contributed by atoms with van der Waals surface area (Å²) in [6, 6.07) is 15.2. The van der Waals surface area contributed by atoms with Crippen molar-refractivity contribution in [2.75, 3.05) is 14.2 Å². The molecular weight excluding hydrogens is 292 g/mol. The Hall–Kier alpha value is -2.82. The molecule has 1 amide bonds. The normalized spacial score (nSPS) is 17.2. The van der Waals surface area contributed by atoms with Gasteiger partial charge in [-0.05, 0) is 47.5 Å². The third-order valence-electron chi connectivity index (χ3n) is 3.96. The van der Waals surface area contributed by atoms with Gasteiger partial charge in [0.15, 0.2) is 0 Å². The summed E-state index contributed by atoms with van der Waals surface area (Å²) in [5.74, 6) is 1.22. The lowest BCUT2D eigenvalue weighted by Gasteiger charge is -2.22. The number of carbonyl (C=O) groups excluding carboxylic acids is 1. The third-order valence-corrected chi connectivity index (χ3v) is 3.96. The predicted molar refractivity (Wildman–Crippen MR) is 88.0 cm³/mol. The van der Waals surface area contributed by atoms with Gasteiger partial charge in [-0.3, -0.25) is 4.79 Å². The number of hydrazone groups is 1. The van der Waals surface area contributed by atoms with Crippen LogP contribution in [0.2, 0.25) is 0 Å². The number of amides is 1. The lowest BCUT2D eigenvalue weighted by Crippen LogP contribution is -2.33. The van der Waals surface area contributed by atoms with Crippen LogP contribution in [0.1, 0.15) is 23.5 Å². The number of carbonyl (C=O) groups is 1. The number of hydrogen-bond donors (Lipinski definition) is 1. The molecule has 0 saturated heterocycles. The van der Waals surface area contributed by atoms with Crippen LogP contribution in [0.4, 0.5) is 0 Å². The van der Waals surface area contributed by atoms with E-state index in [4.69, 9.17) is 9.47 Å². The lowest BCUT2D eigenvalue weighted by atomic mass is 9.89. The van der Waals surface area contributed by atoms with Crippen LogP contribution in [-0.2, 0) is 4.79 Å². The maximum atomic E-state index is 12.2. The van der Waals surface area contributed by atoms with E-state index >= 15 is 0 Å². The van der Waals surface area contributed by atoms with Crippen LogP contribution >= 0.6 is 0 Å². The molecule has 0 bridgehead atoms. The Bertz CT molecular complexity index is 721. The Kier molecular flexibility index (Phi) is 4.28. The molecule has 0 spiro atoms. The van der Waals surface area contributed by atoms with Gasteiger partial charge in [-0.1, -0.05) is 12.1 Å². The average Bonchev–Trinajstić information content (AvgIpc) is 2.62. The molecule has 2 aromatic carbocycles. The number of methoxy groups -OCH3 is 2. The summed E-state index contributed by atoms with van der Waals surface area (Å²) < 4.78 is 10.3. The van der Waals surface area contributed by atoms with E-state index in [1.807, 2.05) is 48.5 Å². The molecule has 0 unspecified atom stereocenters. The van der Waals surface area contributed by atoms with E-state index in [0.717, 1.165) is 28.3 Å². The van der Waals surface area contributed by atoms with E-state index < -0.39 is 0 Å². The van der Waals surface area contributed by atoms with Crippen molar-refractivity contribution in [1.29, 1.82) is 0 Å². The zero-order valence-corrected chi connectivity index (χ0v) is 13.1. The summed E-state index contributed by atoms with van der Waals surface area (Å²) in [6.07, 6.45) is 0.560. The van der Waals surface area contributed by atoms with Crippen LogP contribution in [0.5, 0.6) is 11.5 Å². The van der Waals surface area contributed by atoms with Gasteiger partial charge < -0.3 is 9.47 Å². The highest BCUT2D eigenvalue weighted by Gasteiger charge is 2.27. The molecule has 1 atom stereocenters. The van der Waals surface area contributed by atoms with E-state index in [9.17, 15) is 4.79 Å². The monoisotopic (exact) mass is 310 g/mol. The fourth-order valence-electron chi connectivity index (χ4n) is 2.60. The molecule has 1 N–H and O–H groups in total. The first-order valence-corrected chi connectivity index (χ1v) is 7.36. The molecule has 0 aromatic heterocycles. The maximum Gasteiger partial charge on any atom is 0.248 e. The van der Waals surface area contributed by atoms with Crippen LogP contribution in [0.25, 0.3) is 0 Å². The Morgan fingerprint density at radius 1 is 0.957 bits per heavy atom. The molecule has 0 fully saturated rings. The van der Waals surface area contributed by atoms with Crippen molar-refractivity contribution in [3.63, 3.8) is 0 Å². The van der Waals surface area contributed by atoms with Crippen molar-refractivity contribution >= 4 is 11.6 Å². The second kappa shape index (κ2) is 6.52. The van der Waals surface area contributed by atoms with E-state index in [-0.39, 0.29) is 11.8 Å². The summed E-state index contributed by atoms with van der Waals surface area (Å²) >= 11 is 0. The molecule has 0 aliphatic carbocycles. The second-order valence-corrected chi connectivity index (χ2v) is 5.29. The largest absolute Gasteiger partial charge is 0.497 e. The zero-order chi connectivity index (χ0) is 16.2. The van der Waals surface area contributed by atoms with Crippen LogP contribution in [-0.4, -0.2) is 25.8 Å². The van der Waals surface area contributed by atoms with Crippen molar-refractivity contribution < 1.29 is 14.3 Å². The maximum absolute atomic E-state index is 12.2. The van der Waals surface area contributed by atoms with Gasteiger partial charge in [-0.15, -0.1) is 0 Å². The number of nitrogens with one attached hydrogen (secondary N) is 1. The standard InChI is InChI=1S/C18H18N2O3/c1-22-14-7-3-12(4-8-14)16-11-17(19-20-18(16)21)13-5-9-15(23-2)10-6-13/h3-10,16H,11H2,1-2H3,(H,20,21)/t16-/m1/s1. The van der Waals surface area contributed by atoms with Crippen molar-refractivity contribution in [2.45, 2.75) is 12.3 Å². The van der Waals surface area contributed by atoms with Crippen LogP contribution in [0.3, 0.4) is 0 Å². The molecule has 1 aliphatic rings. The summed E-state index contributed by atoms with van der Waals surface area (Å²) in [7, 11) is 3.25. The molecule has 23 heavy (non-hydrogen) atoms. The summed E-state index contributed by atoms with van der Waals surface area (Å²) in [6.45, 7) is 0. The van der Waals surface area contributed by atoms with E-state index in [1.165, 1.54) is 0 Å². The fraction of sp³-hybridized carbons (Fsp3) is 0.222. The van der Waals surface area contributed by atoms with E-state index in [2.05, 4.69) is 10.5 Å². The van der Waals surface area contributed by atoms with Gasteiger partial charge in [-0.2, -0.15) is 5.10 Å². The molecular formula is C18H18N2O3. The van der Waals surface area contributed by atoms with Gasteiger partial charge in [0.05, 0.1) is 25.8 Å². The fourth-order valence-corrected chi connectivity index (χ4v) is 2.60. The minimum Gasteiger partial charge on any atom is -0.497 e. The smallest absolute Gasteiger partial charge is 0.248 e. The summed E-state index contributed by atoms with van der Waals surface area (Å²) in [5.41, 5.74) is 5.40. The number of nitrogens with zero attached hydrogens (tertiary/aromatic N) is 1. The number of benzene rings is 2. The minimum absolute atomic E-state index is 0.0903. The lowest BCUT2D eigenvalue weighted by molar-refractivity contribution is -0.122. The second-order valence-electron chi connectivity index (χ2n) is 5.29. The SMILES string of the molecule is COc1ccc(C2=NNC(=O)[C@@H](c3ccc(OC)cc3)C2)cc1. The van der Waals surface area contributed by atoms with Gasteiger partial charge in [0.1, 0.15) is 11.5 Å². The first-order chi connectivity index (χ1) is 11.2. The summed E-state index contributed by atoms with van der Waals surface area (Å²) in [5, 5.41) is 4.20. The molecule has 0 saturated carbocycles. The topological polar surface area (TPSA) is 59.9 Å². The highest BCUT2D eigenvalue weighted by molar-refractivity contribution is 6.06.